The summed E-state index contributed by atoms with van der Waals surface area (Å²) < 4.78 is 0. The highest BCUT2D eigenvalue weighted by Crippen LogP contribution is 2.22. The van der Waals surface area contributed by atoms with Crippen molar-refractivity contribution in [2.75, 3.05) is 6.54 Å². The van der Waals surface area contributed by atoms with Gasteiger partial charge in [0, 0.05) is 38.1 Å². The summed E-state index contributed by atoms with van der Waals surface area (Å²) in [4.78, 5) is 47.9. The van der Waals surface area contributed by atoms with Gasteiger partial charge in [0.15, 0.2) is 5.78 Å². The van der Waals surface area contributed by atoms with Crippen molar-refractivity contribution in [1.82, 2.24) is 4.90 Å². The van der Waals surface area contributed by atoms with E-state index in [9.17, 15) is 19.2 Å². The van der Waals surface area contributed by atoms with Gasteiger partial charge in [0.25, 0.3) is 0 Å². The van der Waals surface area contributed by atoms with E-state index in [0.717, 1.165) is 4.90 Å². The Morgan fingerprint density at radius 3 is 2.27 bits per heavy atom. The predicted molar refractivity (Wildman–Crippen MR) is 84.0 cm³/mol. The Labute approximate surface area is 132 Å². The van der Waals surface area contributed by atoms with E-state index in [1.807, 2.05) is 13.8 Å². The van der Waals surface area contributed by atoms with Crippen molar-refractivity contribution in [3.8, 4) is 0 Å². The van der Waals surface area contributed by atoms with Crippen molar-refractivity contribution < 1.29 is 19.2 Å². The normalized spacial score (nSPS) is 18.8. The molecule has 0 bridgehead atoms. The smallest absolute Gasteiger partial charge is 0.233 e. The third-order valence-electron chi connectivity index (χ3n) is 3.59. The first kappa shape index (κ1) is 20.4. The van der Waals surface area contributed by atoms with Crippen LogP contribution in [-0.4, -0.2) is 40.9 Å². The van der Waals surface area contributed by atoms with Crippen LogP contribution in [-0.2, 0) is 19.2 Å². The molecule has 1 aliphatic heterocycles. The Morgan fingerprint density at radius 1 is 1.27 bits per heavy atom. The number of hydrogen-bond donors (Lipinski definition) is 1. The molecule has 0 aromatic rings. The lowest BCUT2D eigenvalue weighted by Gasteiger charge is -2.24. The number of imide groups is 1. The van der Waals surface area contributed by atoms with Crippen molar-refractivity contribution >= 4 is 23.4 Å². The highest BCUT2D eigenvalue weighted by atomic mass is 16.2. The summed E-state index contributed by atoms with van der Waals surface area (Å²) in [6.07, 6.45) is 1.54. The highest BCUT2D eigenvalue weighted by molar-refractivity contribution is 6.07. The van der Waals surface area contributed by atoms with Gasteiger partial charge in [-0.2, -0.15) is 0 Å². The molecule has 0 radical (unpaired) electrons. The van der Waals surface area contributed by atoms with Crippen LogP contribution in [0.5, 0.6) is 0 Å². The third-order valence-corrected chi connectivity index (χ3v) is 3.59. The molecule has 0 saturated carbocycles. The van der Waals surface area contributed by atoms with Gasteiger partial charge in [-0.25, -0.2) is 0 Å². The summed E-state index contributed by atoms with van der Waals surface area (Å²) in [6, 6.07) is -0.878. The van der Waals surface area contributed by atoms with Crippen LogP contribution in [0, 0.1) is 5.92 Å². The van der Waals surface area contributed by atoms with Gasteiger partial charge < -0.3 is 5.73 Å². The maximum atomic E-state index is 12.1. The van der Waals surface area contributed by atoms with E-state index in [2.05, 4.69) is 0 Å². The standard InChI is InChI=1S/C14H22N2O4.C2H6/c1-3-10(17)5-4-6-12(18)11(8-15)16-13(19)7-9(2)14(16)20;1-2/h9,11H,3-8,15H2,1-2H3;1-2H3. The number of likely N-dealkylation sites (tertiary alicyclic amines) is 1. The van der Waals surface area contributed by atoms with Crippen LogP contribution in [0.3, 0.4) is 0 Å². The molecular formula is C16H28N2O4. The van der Waals surface area contributed by atoms with Gasteiger partial charge in [0.1, 0.15) is 11.8 Å². The van der Waals surface area contributed by atoms with E-state index < -0.39 is 6.04 Å². The zero-order valence-corrected chi connectivity index (χ0v) is 14.1. The fraction of sp³-hybridized carbons (Fsp3) is 0.750. The topological polar surface area (TPSA) is 97.5 Å². The molecule has 6 heteroatoms. The molecule has 0 spiro atoms. The summed E-state index contributed by atoms with van der Waals surface area (Å²) in [5.74, 6) is -1.19. The summed E-state index contributed by atoms with van der Waals surface area (Å²) in [7, 11) is 0. The lowest BCUT2D eigenvalue weighted by molar-refractivity contribution is -0.146. The van der Waals surface area contributed by atoms with Gasteiger partial charge >= 0.3 is 0 Å². The van der Waals surface area contributed by atoms with Crippen molar-refractivity contribution in [2.45, 2.75) is 65.8 Å². The molecule has 2 N–H and O–H groups in total. The second kappa shape index (κ2) is 10.2. The number of ketones is 2. The number of hydrogen-bond acceptors (Lipinski definition) is 5. The lowest BCUT2D eigenvalue weighted by atomic mass is 10.0. The molecule has 6 nitrogen and oxygen atoms in total. The summed E-state index contributed by atoms with van der Waals surface area (Å²) >= 11 is 0. The Morgan fingerprint density at radius 2 is 1.86 bits per heavy atom. The first-order valence-corrected chi connectivity index (χ1v) is 8.02. The van der Waals surface area contributed by atoms with E-state index in [1.54, 1.807) is 13.8 Å². The summed E-state index contributed by atoms with van der Waals surface area (Å²) in [5.41, 5.74) is 5.55. The largest absolute Gasteiger partial charge is 0.328 e. The number of Topliss-reactive ketones (excluding diaryl/α,β-unsaturated/α-hetero) is 2. The van der Waals surface area contributed by atoms with Crippen LogP contribution < -0.4 is 5.73 Å². The molecule has 0 aliphatic carbocycles. The molecule has 1 saturated heterocycles. The zero-order valence-electron chi connectivity index (χ0n) is 14.1. The molecule has 2 amide bonds. The number of carbonyl (C=O) groups is 4. The van der Waals surface area contributed by atoms with E-state index in [4.69, 9.17) is 5.73 Å². The second-order valence-electron chi connectivity index (χ2n) is 5.17. The first-order chi connectivity index (χ1) is 10.4. The number of carbonyl (C=O) groups excluding carboxylic acids is 4. The van der Waals surface area contributed by atoms with Crippen LogP contribution in [0.15, 0.2) is 0 Å². The molecule has 1 rings (SSSR count). The maximum Gasteiger partial charge on any atom is 0.233 e. The first-order valence-electron chi connectivity index (χ1n) is 8.02. The average Bonchev–Trinajstić information content (AvgIpc) is 2.76. The van der Waals surface area contributed by atoms with Gasteiger partial charge in [0.05, 0.1) is 0 Å². The predicted octanol–water partition coefficient (Wildman–Crippen LogP) is 1.45. The molecule has 1 heterocycles. The van der Waals surface area contributed by atoms with Crippen LogP contribution in [0.25, 0.3) is 0 Å². The van der Waals surface area contributed by atoms with E-state index in [0.29, 0.717) is 19.3 Å². The van der Waals surface area contributed by atoms with Crippen LogP contribution in [0.2, 0.25) is 0 Å². The monoisotopic (exact) mass is 312 g/mol. The summed E-state index contributed by atoms with van der Waals surface area (Å²) in [6.45, 7) is 7.37. The third kappa shape index (κ3) is 5.33. The van der Waals surface area contributed by atoms with E-state index in [1.165, 1.54) is 0 Å². The van der Waals surface area contributed by atoms with Crippen molar-refractivity contribution in [2.24, 2.45) is 11.7 Å². The van der Waals surface area contributed by atoms with Gasteiger partial charge in [-0.15, -0.1) is 0 Å². The van der Waals surface area contributed by atoms with Crippen molar-refractivity contribution in [3.05, 3.63) is 0 Å². The second-order valence-corrected chi connectivity index (χ2v) is 5.17. The molecule has 0 aromatic heterocycles. The fourth-order valence-electron chi connectivity index (χ4n) is 2.32. The highest BCUT2D eigenvalue weighted by Gasteiger charge is 2.41. The van der Waals surface area contributed by atoms with Gasteiger partial charge in [0.2, 0.25) is 11.8 Å². The molecule has 0 aromatic carbocycles. The lowest BCUT2D eigenvalue weighted by Crippen LogP contribution is -2.49. The number of nitrogens with zero attached hydrogens (tertiary/aromatic N) is 1. The minimum Gasteiger partial charge on any atom is -0.328 e. The minimum absolute atomic E-state index is 0.0647. The number of nitrogens with two attached hydrogens (primary N) is 1. The van der Waals surface area contributed by atoms with E-state index in [-0.39, 0.29) is 48.7 Å². The molecule has 126 valence electrons. The zero-order chi connectivity index (χ0) is 17.3. The molecule has 1 aliphatic rings. The van der Waals surface area contributed by atoms with Gasteiger partial charge in [-0.3, -0.25) is 24.1 Å². The van der Waals surface area contributed by atoms with Crippen LogP contribution in [0.1, 0.15) is 59.8 Å². The van der Waals surface area contributed by atoms with Crippen LogP contribution in [0.4, 0.5) is 0 Å². The van der Waals surface area contributed by atoms with E-state index >= 15 is 0 Å². The number of amides is 2. The average molecular weight is 312 g/mol. The Hall–Kier alpha value is -1.56. The van der Waals surface area contributed by atoms with Crippen molar-refractivity contribution in [3.63, 3.8) is 0 Å². The minimum atomic E-state index is -0.878. The van der Waals surface area contributed by atoms with Gasteiger partial charge in [-0.1, -0.05) is 27.7 Å². The quantitative estimate of drug-likeness (QED) is 0.684. The molecule has 1 fully saturated rings. The van der Waals surface area contributed by atoms with Gasteiger partial charge in [-0.05, 0) is 6.42 Å². The van der Waals surface area contributed by atoms with Crippen LogP contribution >= 0.6 is 0 Å². The number of rotatable bonds is 8. The molecule has 22 heavy (non-hydrogen) atoms. The summed E-state index contributed by atoms with van der Waals surface area (Å²) in [5, 5.41) is 0. The fourth-order valence-corrected chi connectivity index (χ4v) is 2.32. The van der Waals surface area contributed by atoms with Crippen molar-refractivity contribution in [1.29, 1.82) is 0 Å². The molecular weight excluding hydrogens is 284 g/mol. The molecule has 2 atom stereocenters. The Bertz CT molecular complexity index is 420. The SMILES string of the molecule is CC.CCC(=O)CCCC(=O)C(CN)N1C(=O)CC(C)C1=O. The Kier molecular flexibility index (Phi) is 9.49. The Balaban J connectivity index is 0.00000211. The maximum absolute atomic E-state index is 12.1. The molecule has 2 unspecified atom stereocenters.